The van der Waals surface area contributed by atoms with E-state index in [-0.39, 0.29) is 5.69 Å². The van der Waals surface area contributed by atoms with E-state index in [9.17, 15) is 9.90 Å². The van der Waals surface area contributed by atoms with E-state index in [4.69, 9.17) is 9.47 Å². The highest BCUT2D eigenvalue weighted by Crippen LogP contribution is 2.31. The van der Waals surface area contributed by atoms with E-state index < -0.39 is 5.97 Å². The zero-order chi connectivity index (χ0) is 23.5. The van der Waals surface area contributed by atoms with E-state index >= 15 is 0 Å². The number of carboxylic acids is 1. The number of carboxylic acid groups (broad SMARTS) is 1. The standard InChI is InChI=1S/C27H23N3O4/c1-2-33-20-7-3-5-18(15-20)26-22-16-24(27(31)32)30(23(22)10-12-29-26)13-14-34-25-8-4-6-19-17-28-11-9-21(19)25/h3-12,15-17H,2,13-14H2,1H3,(H,31,32). The van der Waals surface area contributed by atoms with Gasteiger partial charge in [-0.25, -0.2) is 4.79 Å². The normalized spacial score (nSPS) is 11.1. The number of hydrogen-bond acceptors (Lipinski definition) is 5. The van der Waals surface area contributed by atoms with Crippen molar-refractivity contribution in [2.75, 3.05) is 13.2 Å². The Morgan fingerprint density at radius 2 is 1.88 bits per heavy atom. The van der Waals surface area contributed by atoms with Crippen LogP contribution in [0.2, 0.25) is 0 Å². The predicted octanol–water partition coefficient (Wildman–Crippen LogP) is 5.43. The quantitative estimate of drug-likeness (QED) is 0.337. The second-order valence-corrected chi connectivity index (χ2v) is 7.74. The van der Waals surface area contributed by atoms with Crippen molar-refractivity contribution in [1.29, 1.82) is 0 Å². The van der Waals surface area contributed by atoms with Crippen molar-refractivity contribution >= 4 is 27.6 Å². The van der Waals surface area contributed by atoms with Crippen molar-refractivity contribution in [3.05, 3.63) is 84.9 Å². The fourth-order valence-corrected chi connectivity index (χ4v) is 4.20. The Bertz CT molecular complexity index is 1490. The first-order valence-electron chi connectivity index (χ1n) is 11.1. The van der Waals surface area contributed by atoms with Crippen LogP contribution >= 0.6 is 0 Å². The van der Waals surface area contributed by atoms with Gasteiger partial charge in [0, 0.05) is 40.3 Å². The molecule has 0 unspecified atom stereocenters. The highest BCUT2D eigenvalue weighted by atomic mass is 16.5. The summed E-state index contributed by atoms with van der Waals surface area (Å²) in [4.78, 5) is 20.8. The molecule has 5 rings (SSSR count). The molecule has 0 saturated carbocycles. The lowest BCUT2D eigenvalue weighted by Crippen LogP contribution is -2.13. The van der Waals surface area contributed by atoms with Gasteiger partial charge in [0.15, 0.2) is 0 Å². The summed E-state index contributed by atoms with van der Waals surface area (Å²) in [6.45, 7) is 3.17. The Morgan fingerprint density at radius 3 is 2.74 bits per heavy atom. The van der Waals surface area contributed by atoms with Gasteiger partial charge in [0.2, 0.25) is 0 Å². The molecular formula is C27H23N3O4. The molecule has 170 valence electrons. The van der Waals surface area contributed by atoms with Crippen LogP contribution in [0.1, 0.15) is 17.4 Å². The lowest BCUT2D eigenvalue weighted by Gasteiger charge is -2.12. The lowest BCUT2D eigenvalue weighted by molar-refractivity contribution is 0.0684. The van der Waals surface area contributed by atoms with Gasteiger partial charge in [-0.2, -0.15) is 0 Å². The SMILES string of the molecule is CCOc1cccc(-c2nccc3c2cc(C(=O)O)n3CCOc2cccc3cnccc23)c1. The smallest absolute Gasteiger partial charge is 0.352 e. The molecule has 0 bridgehead atoms. The van der Waals surface area contributed by atoms with Crippen LogP contribution in [0.5, 0.6) is 11.5 Å². The third kappa shape index (κ3) is 4.03. The number of aromatic carboxylic acids is 1. The first-order valence-corrected chi connectivity index (χ1v) is 11.1. The molecule has 0 spiro atoms. The van der Waals surface area contributed by atoms with Crippen molar-refractivity contribution < 1.29 is 19.4 Å². The summed E-state index contributed by atoms with van der Waals surface area (Å²) in [7, 11) is 0. The van der Waals surface area contributed by atoms with Crippen molar-refractivity contribution in [3.8, 4) is 22.8 Å². The number of benzene rings is 2. The van der Waals surface area contributed by atoms with E-state index in [1.807, 2.05) is 61.5 Å². The zero-order valence-electron chi connectivity index (χ0n) is 18.6. The number of rotatable bonds is 8. The number of carbonyl (C=O) groups is 1. The lowest BCUT2D eigenvalue weighted by atomic mass is 10.1. The summed E-state index contributed by atoms with van der Waals surface area (Å²) in [6, 6.07) is 18.9. The van der Waals surface area contributed by atoms with Gasteiger partial charge in [0.1, 0.15) is 23.8 Å². The Kier molecular flexibility index (Phi) is 5.82. The second kappa shape index (κ2) is 9.23. The van der Waals surface area contributed by atoms with Gasteiger partial charge in [-0.05, 0) is 43.3 Å². The number of aromatic nitrogens is 3. The summed E-state index contributed by atoms with van der Waals surface area (Å²) in [5.41, 5.74) is 2.56. The van der Waals surface area contributed by atoms with Crippen LogP contribution in [0, 0.1) is 0 Å². The highest BCUT2D eigenvalue weighted by Gasteiger charge is 2.18. The third-order valence-corrected chi connectivity index (χ3v) is 5.68. The summed E-state index contributed by atoms with van der Waals surface area (Å²) in [6.07, 6.45) is 5.22. The Labute approximate surface area is 196 Å². The molecule has 3 heterocycles. The van der Waals surface area contributed by atoms with Crippen LogP contribution in [-0.4, -0.2) is 38.8 Å². The largest absolute Gasteiger partial charge is 0.494 e. The fraction of sp³-hybridized carbons (Fsp3) is 0.148. The maximum absolute atomic E-state index is 12.1. The molecule has 7 nitrogen and oxygen atoms in total. The molecule has 0 aliphatic carbocycles. The number of pyridine rings is 2. The maximum atomic E-state index is 12.1. The first-order chi connectivity index (χ1) is 16.7. The van der Waals surface area contributed by atoms with Crippen LogP contribution in [0.4, 0.5) is 0 Å². The molecule has 0 atom stereocenters. The number of hydrogen-bond donors (Lipinski definition) is 1. The topological polar surface area (TPSA) is 86.5 Å². The minimum absolute atomic E-state index is 0.191. The molecule has 0 radical (unpaired) electrons. The molecule has 7 heteroatoms. The average molecular weight is 453 g/mol. The summed E-state index contributed by atoms with van der Waals surface area (Å²) < 4.78 is 13.5. The molecule has 0 fully saturated rings. The van der Waals surface area contributed by atoms with E-state index in [2.05, 4.69) is 9.97 Å². The zero-order valence-corrected chi connectivity index (χ0v) is 18.6. The van der Waals surface area contributed by atoms with Gasteiger partial charge in [0.25, 0.3) is 0 Å². The molecule has 1 N–H and O–H groups in total. The molecule has 5 aromatic rings. The van der Waals surface area contributed by atoms with Crippen LogP contribution in [0.25, 0.3) is 32.9 Å². The average Bonchev–Trinajstić information content (AvgIpc) is 3.24. The Balaban J connectivity index is 1.48. The van der Waals surface area contributed by atoms with Crippen LogP contribution in [0.3, 0.4) is 0 Å². The van der Waals surface area contributed by atoms with Crippen molar-refractivity contribution in [1.82, 2.24) is 14.5 Å². The summed E-state index contributed by atoms with van der Waals surface area (Å²) in [5.74, 6) is 0.486. The number of ether oxygens (including phenoxy) is 2. The molecular weight excluding hydrogens is 430 g/mol. The molecule has 3 aromatic heterocycles. The first kappa shape index (κ1) is 21.5. The molecule has 34 heavy (non-hydrogen) atoms. The summed E-state index contributed by atoms with van der Waals surface area (Å²) in [5, 5.41) is 12.6. The summed E-state index contributed by atoms with van der Waals surface area (Å²) >= 11 is 0. The van der Waals surface area contributed by atoms with Gasteiger partial charge < -0.3 is 19.1 Å². The van der Waals surface area contributed by atoms with E-state index in [0.717, 1.165) is 38.7 Å². The van der Waals surface area contributed by atoms with Crippen LogP contribution < -0.4 is 9.47 Å². The third-order valence-electron chi connectivity index (χ3n) is 5.68. The molecule has 2 aromatic carbocycles. The van der Waals surface area contributed by atoms with Gasteiger partial charge in [0.05, 0.1) is 24.4 Å². The van der Waals surface area contributed by atoms with Crippen molar-refractivity contribution in [2.24, 2.45) is 0 Å². The van der Waals surface area contributed by atoms with E-state index in [0.29, 0.717) is 25.5 Å². The van der Waals surface area contributed by atoms with Gasteiger partial charge >= 0.3 is 5.97 Å². The van der Waals surface area contributed by atoms with E-state index in [1.165, 1.54) is 0 Å². The Morgan fingerprint density at radius 1 is 1.00 bits per heavy atom. The van der Waals surface area contributed by atoms with Crippen LogP contribution in [0.15, 0.2) is 79.3 Å². The Hall–Kier alpha value is -4.39. The second-order valence-electron chi connectivity index (χ2n) is 7.74. The molecule has 0 aliphatic rings. The monoisotopic (exact) mass is 453 g/mol. The van der Waals surface area contributed by atoms with E-state index in [1.54, 1.807) is 29.2 Å². The maximum Gasteiger partial charge on any atom is 0.352 e. The van der Waals surface area contributed by atoms with Crippen molar-refractivity contribution in [2.45, 2.75) is 13.5 Å². The van der Waals surface area contributed by atoms with Crippen molar-refractivity contribution in [3.63, 3.8) is 0 Å². The fourth-order valence-electron chi connectivity index (χ4n) is 4.20. The van der Waals surface area contributed by atoms with Crippen LogP contribution in [-0.2, 0) is 6.54 Å². The molecule has 0 saturated heterocycles. The van der Waals surface area contributed by atoms with Gasteiger partial charge in [-0.15, -0.1) is 0 Å². The van der Waals surface area contributed by atoms with Gasteiger partial charge in [-0.1, -0.05) is 24.3 Å². The highest BCUT2D eigenvalue weighted by molar-refractivity contribution is 6.00. The minimum Gasteiger partial charge on any atom is -0.494 e. The molecule has 0 aliphatic heterocycles. The predicted molar refractivity (Wildman–Crippen MR) is 131 cm³/mol. The van der Waals surface area contributed by atoms with Gasteiger partial charge in [-0.3, -0.25) is 9.97 Å². The number of fused-ring (bicyclic) bond motifs is 2. The minimum atomic E-state index is -0.999. The number of nitrogens with zero attached hydrogens (tertiary/aromatic N) is 3. The molecule has 0 amide bonds.